The van der Waals surface area contributed by atoms with Crippen LogP contribution >= 0.6 is 0 Å². The van der Waals surface area contributed by atoms with Crippen LogP contribution in [-0.4, -0.2) is 27.9 Å². The normalized spacial score (nSPS) is 14.3. The lowest BCUT2D eigenvalue weighted by molar-refractivity contribution is 0.00685. The van der Waals surface area contributed by atoms with Crippen molar-refractivity contribution in [3.63, 3.8) is 0 Å². The fourth-order valence-corrected chi connectivity index (χ4v) is 1.44. The number of esters is 1. The molecule has 0 amide bonds. The van der Waals surface area contributed by atoms with E-state index in [1.807, 2.05) is 0 Å². The Hall–Kier alpha value is -1.90. The zero-order valence-electron chi connectivity index (χ0n) is 11.1. The smallest absolute Gasteiger partial charge is 0.338 e. The largest absolute Gasteiger partial charge is 0.456 e. The van der Waals surface area contributed by atoms with E-state index < -0.39 is 23.8 Å². The van der Waals surface area contributed by atoms with Crippen molar-refractivity contribution >= 4 is 5.97 Å². The van der Waals surface area contributed by atoms with Crippen molar-refractivity contribution in [3.05, 3.63) is 35.4 Å². The van der Waals surface area contributed by atoms with E-state index in [4.69, 9.17) is 10.00 Å². The molecule has 0 aliphatic heterocycles. The number of rotatable bonds is 3. The molecule has 0 saturated heterocycles. The van der Waals surface area contributed by atoms with Crippen molar-refractivity contribution in [3.8, 4) is 6.07 Å². The number of ether oxygens (including phenoxy) is 1. The first-order chi connectivity index (χ1) is 8.74. The Labute approximate surface area is 112 Å². The second-order valence-electron chi connectivity index (χ2n) is 5.15. The molecule has 2 atom stereocenters. The summed E-state index contributed by atoms with van der Waals surface area (Å²) in [4.78, 5) is 11.8. The molecule has 0 radical (unpaired) electrons. The van der Waals surface area contributed by atoms with E-state index in [2.05, 4.69) is 0 Å². The van der Waals surface area contributed by atoms with Crippen LogP contribution in [0.3, 0.4) is 0 Å². The molecule has 5 nitrogen and oxygen atoms in total. The highest BCUT2D eigenvalue weighted by Gasteiger charge is 2.21. The summed E-state index contributed by atoms with van der Waals surface area (Å²) in [6.07, 6.45) is -2.89. The molecule has 2 N–H and O–H groups in total. The van der Waals surface area contributed by atoms with Crippen molar-refractivity contribution in [1.29, 1.82) is 5.26 Å². The van der Waals surface area contributed by atoms with Crippen LogP contribution in [-0.2, 0) is 4.74 Å². The maximum atomic E-state index is 11.8. The Morgan fingerprint density at radius 3 is 2.53 bits per heavy atom. The molecule has 1 rings (SSSR count). The van der Waals surface area contributed by atoms with E-state index >= 15 is 0 Å². The van der Waals surface area contributed by atoms with E-state index in [1.54, 1.807) is 32.9 Å². The van der Waals surface area contributed by atoms with Gasteiger partial charge in [0.25, 0.3) is 0 Å². The number of carbonyl (C=O) groups is 1. The quantitative estimate of drug-likeness (QED) is 0.638. The van der Waals surface area contributed by atoms with Gasteiger partial charge in [0.05, 0.1) is 11.6 Å². The molecular formula is C14H17NO4. The Balaban J connectivity index is 2.95. The van der Waals surface area contributed by atoms with E-state index in [0.717, 1.165) is 0 Å². The van der Waals surface area contributed by atoms with Crippen LogP contribution in [0.25, 0.3) is 0 Å². The lowest BCUT2D eigenvalue weighted by atomic mass is 10.0. The zero-order chi connectivity index (χ0) is 14.6. The Bertz CT molecular complexity index is 499. The van der Waals surface area contributed by atoms with E-state index in [1.165, 1.54) is 18.2 Å². The first kappa shape index (κ1) is 15.2. The summed E-state index contributed by atoms with van der Waals surface area (Å²) >= 11 is 0. The summed E-state index contributed by atoms with van der Waals surface area (Å²) in [5.74, 6) is -0.520. The first-order valence-corrected chi connectivity index (χ1v) is 5.83. The molecule has 5 heteroatoms. The SMILES string of the molecule is CC(C)(C)OC(=O)c1cccc(C(O)C(O)C#N)c1. The molecular weight excluding hydrogens is 246 g/mol. The van der Waals surface area contributed by atoms with Gasteiger partial charge in [-0.05, 0) is 38.5 Å². The standard InChI is InChI=1S/C14H17NO4/c1-14(2,3)19-13(18)10-6-4-5-9(7-10)12(17)11(16)8-15/h4-7,11-12,16-17H,1-3H3. The Morgan fingerprint density at radius 2 is 2.00 bits per heavy atom. The first-order valence-electron chi connectivity index (χ1n) is 5.83. The van der Waals surface area contributed by atoms with Gasteiger partial charge in [-0.3, -0.25) is 0 Å². The van der Waals surface area contributed by atoms with Crippen LogP contribution in [0, 0.1) is 11.3 Å². The van der Waals surface area contributed by atoms with Gasteiger partial charge in [0.1, 0.15) is 11.7 Å². The summed E-state index contributed by atoms with van der Waals surface area (Å²) in [6, 6.07) is 7.57. The molecule has 2 unspecified atom stereocenters. The van der Waals surface area contributed by atoms with Gasteiger partial charge in [-0.2, -0.15) is 5.26 Å². The zero-order valence-corrected chi connectivity index (χ0v) is 11.1. The van der Waals surface area contributed by atoms with Gasteiger partial charge in [-0.1, -0.05) is 12.1 Å². The average molecular weight is 263 g/mol. The number of aliphatic hydroxyl groups excluding tert-OH is 2. The summed E-state index contributed by atoms with van der Waals surface area (Å²) in [5.41, 5.74) is -0.0632. The maximum absolute atomic E-state index is 11.8. The number of nitrogens with zero attached hydrogens (tertiary/aromatic N) is 1. The molecule has 0 fully saturated rings. The lowest BCUT2D eigenvalue weighted by Crippen LogP contribution is -2.24. The number of carbonyl (C=O) groups excluding carboxylic acids is 1. The lowest BCUT2D eigenvalue weighted by Gasteiger charge is -2.20. The van der Waals surface area contributed by atoms with Gasteiger partial charge >= 0.3 is 5.97 Å². The van der Waals surface area contributed by atoms with Crippen LogP contribution in [0.4, 0.5) is 0 Å². The maximum Gasteiger partial charge on any atom is 0.338 e. The van der Waals surface area contributed by atoms with Gasteiger partial charge in [0, 0.05) is 0 Å². The third-order valence-corrected chi connectivity index (χ3v) is 2.29. The highest BCUT2D eigenvalue weighted by molar-refractivity contribution is 5.89. The topological polar surface area (TPSA) is 90.6 Å². The second-order valence-corrected chi connectivity index (χ2v) is 5.15. The summed E-state index contributed by atoms with van der Waals surface area (Å²) in [6.45, 7) is 5.26. The minimum atomic E-state index is -1.53. The highest BCUT2D eigenvalue weighted by Crippen LogP contribution is 2.19. The summed E-state index contributed by atoms with van der Waals surface area (Å²) in [5, 5.41) is 27.5. The predicted molar refractivity (Wildman–Crippen MR) is 68.2 cm³/mol. The van der Waals surface area contributed by atoms with Gasteiger partial charge in [0.2, 0.25) is 0 Å². The van der Waals surface area contributed by atoms with Gasteiger partial charge < -0.3 is 14.9 Å². The fourth-order valence-electron chi connectivity index (χ4n) is 1.44. The van der Waals surface area contributed by atoms with Crippen molar-refractivity contribution in [1.82, 2.24) is 0 Å². The van der Waals surface area contributed by atoms with E-state index in [0.29, 0.717) is 0 Å². The number of nitriles is 1. The van der Waals surface area contributed by atoms with Crippen molar-refractivity contribution in [2.24, 2.45) is 0 Å². The molecule has 0 aliphatic carbocycles. The number of hydrogen-bond donors (Lipinski definition) is 2. The molecule has 1 aromatic rings. The number of hydrogen-bond acceptors (Lipinski definition) is 5. The summed E-state index contributed by atoms with van der Waals surface area (Å²) < 4.78 is 5.20. The van der Waals surface area contributed by atoms with Gasteiger partial charge in [0.15, 0.2) is 6.10 Å². The number of aliphatic hydroxyl groups is 2. The van der Waals surface area contributed by atoms with E-state index in [9.17, 15) is 15.0 Å². The molecule has 0 aliphatic rings. The highest BCUT2D eigenvalue weighted by atomic mass is 16.6. The Kier molecular flexibility index (Phi) is 4.65. The molecule has 0 aromatic heterocycles. The third-order valence-electron chi connectivity index (χ3n) is 2.29. The van der Waals surface area contributed by atoms with Crippen LogP contribution in [0.2, 0.25) is 0 Å². The van der Waals surface area contributed by atoms with Gasteiger partial charge in [-0.15, -0.1) is 0 Å². The third kappa shape index (κ3) is 4.36. The average Bonchev–Trinajstić information content (AvgIpc) is 2.35. The molecule has 0 heterocycles. The van der Waals surface area contributed by atoms with Crippen LogP contribution in [0.5, 0.6) is 0 Å². The minimum Gasteiger partial charge on any atom is -0.456 e. The molecule has 102 valence electrons. The van der Waals surface area contributed by atoms with Crippen molar-refractivity contribution < 1.29 is 19.7 Å². The fraction of sp³-hybridized carbons (Fsp3) is 0.429. The molecule has 1 aromatic carbocycles. The monoisotopic (exact) mass is 263 g/mol. The molecule has 0 saturated carbocycles. The van der Waals surface area contributed by atoms with Gasteiger partial charge in [-0.25, -0.2) is 4.79 Å². The van der Waals surface area contributed by atoms with Crippen molar-refractivity contribution in [2.75, 3.05) is 0 Å². The minimum absolute atomic E-state index is 0.261. The molecule has 0 bridgehead atoms. The molecule has 0 spiro atoms. The van der Waals surface area contributed by atoms with E-state index in [-0.39, 0.29) is 11.1 Å². The predicted octanol–water partition coefficient (Wildman–Crippen LogP) is 1.56. The Morgan fingerprint density at radius 1 is 1.37 bits per heavy atom. The van der Waals surface area contributed by atoms with Crippen LogP contribution in [0.1, 0.15) is 42.8 Å². The molecule has 19 heavy (non-hydrogen) atoms. The number of benzene rings is 1. The van der Waals surface area contributed by atoms with Crippen LogP contribution < -0.4 is 0 Å². The van der Waals surface area contributed by atoms with Crippen LogP contribution in [0.15, 0.2) is 24.3 Å². The second kappa shape index (κ2) is 5.83. The summed E-state index contributed by atoms with van der Waals surface area (Å²) in [7, 11) is 0. The van der Waals surface area contributed by atoms with Crippen molar-refractivity contribution in [2.45, 2.75) is 38.6 Å².